The highest BCUT2D eigenvalue weighted by Gasteiger charge is 2.67. The van der Waals surface area contributed by atoms with Gasteiger partial charge in [-0.3, -0.25) is 9.59 Å². The van der Waals surface area contributed by atoms with Crippen LogP contribution in [-0.4, -0.2) is 48.2 Å². The first kappa shape index (κ1) is 15.5. The summed E-state index contributed by atoms with van der Waals surface area (Å²) < 4.78 is 11.4. The van der Waals surface area contributed by atoms with E-state index in [0.717, 1.165) is 12.8 Å². The van der Waals surface area contributed by atoms with Crippen LogP contribution in [0.1, 0.15) is 33.6 Å². The molecule has 3 aliphatic rings. The van der Waals surface area contributed by atoms with Crippen LogP contribution in [0.25, 0.3) is 0 Å². The van der Waals surface area contributed by atoms with Gasteiger partial charge in [0.05, 0.1) is 25.2 Å². The topological polar surface area (TPSA) is 55.8 Å². The highest BCUT2D eigenvalue weighted by Crippen LogP contribution is 2.52. The Hall–Kier alpha value is -1.36. The van der Waals surface area contributed by atoms with Crippen molar-refractivity contribution in [3.63, 3.8) is 0 Å². The number of carbonyl (C=O) groups excluding carboxylic acids is 2. The van der Waals surface area contributed by atoms with Crippen LogP contribution in [0.3, 0.4) is 0 Å². The van der Waals surface area contributed by atoms with E-state index in [1.165, 1.54) is 0 Å². The smallest absolute Gasteiger partial charge is 0.312 e. The summed E-state index contributed by atoms with van der Waals surface area (Å²) in [5.41, 5.74) is -0.606. The Kier molecular flexibility index (Phi) is 4.02. The predicted octanol–water partition coefficient (Wildman–Crippen LogP) is 1.77. The predicted molar refractivity (Wildman–Crippen MR) is 81.0 cm³/mol. The lowest BCUT2D eigenvalue weighted by atomic mass is 9.77. The maximum atomic E-state index is 12.8. The summed E-state index contributed by atoms with van der Waals surface area (Å²) in [7, 11) is 0. The van der Waals surface area contributed by atoms with Crippen molar-refractivity contribution in [3.05, 3.63) is 12.2 Å². The van der Waals surface area contributed by atoms with E-state index >= 15 is 0 Å². The average molecular weight is 307 g/mol. The summed E-state index contributed by atoms with van der Waals surface area (Å²) in [4.78, 5) is 27.0. The Morgan fingerprint density at radius 3 is 3.00 bits per heavy atom. The Morgan fingerprint density at radius 2 is 2.32 bits per heavy atom. The van der Waals surface area contributed by atoms with Gasteiger partial charge >= 0.3 is 5.97 Å². The number of nitrogens with zero attached hydrogens (tertiary/aromatic N) is 1. The van der Waals surface area contributed by atoms with Crippen LogP contribution in [0, 0.1) is 17.8 Å². The molecule has 4 atom stereocenters. The van der Waals surface area contributed by atoms with E-state index in [0.29, 0.717) is 25.6 Å². The van der Waals surface area contributed by atoms with E-state index in [1.54, 1.807) is 0 Å². The molecule has 0 radical (unpaired) electrons. The fraction of sp³-hybridized carbons (Fsp3) is 0.765. The molecule has 5 nitrogen and oxygen atoms in total. The number of ether oxygens (including phenoxy) is 2. The number of amides is 1. The molecule has 2 saturated heterocycles. The summed E-state index contributed by atoms with van der Waals surface area (Å²) in [5.74, 6) is -0.732. The molecule has 0 saturated carbocycles. The fourth-order valence-electron chi connectivity index (χ4n) is 3.86. The zero-order valence-corrected chi connectivity index (χ0v) is 13.6. The summed E-state index contributed by atoms with van der Waals surface area (Å²) >= 11 is 0. The molecule has 0 N–H and O–H groups in total. The van der Waals surface area contributed by atoms with Crippen LogP contribution >= 0.6 is 0 Å². The first-order chi connectivity index (χ1) is 10.5. The number of carbonyl (C=O) groups is 2. The van der Waals surface area contributed by atoms with Gasteiger partial charge in [0, 0.05) is 6.54 Å². The molecule has 0 aliphatic carbocycles. The van der Waals surface area contributed by atoms with E-state index < -0.39 is 17.4 Å². The van der Waals surface area contributed by atoms with E-state index in [9.17, 15) is 9.59 Å². The van der Waals surface area contributed by atoms with Crippen LogP contribution in [-0.2, 0) is 19.1 Å². The largest absolute Gasteiger partial charge is 0.465 e. The number of hydrogen-bond acceptors (Lipinski definition) is 4. The molecule has 122 valence electrons. The maximum absolute atomic E-state index is 12.8. The number of esters is 1. The summed E-state index contributed by atoms with van der Waals surface area (Å²) in [6.07, 6.45) is 5.43. The van der Waals surface area contributed by atoms with Crippen molar-refractivity contribution >= 4 is 11.9 Å². The monoisotopic (exact) mass is 307 g/mol. The molecule has 1 amide bonds. The molecule has 0 aromatic carbocycles. The van der Waals surface area contributed by atoms with Gasteiger partial charge in [0.1, 0.15) is 11.5 Å². The lowest BCUT2D eigenvalue weighted by Gasteiger charge is -2.22. The lowest BCUT2D eigenvalue weighted by molar-refractivity contribution is -0.154. The van der Waals surface area contributed by atoms with Crippen molar-refractivity contribution < 1.29 is 19.1 Å². The SMILES string of the molecule is CCCCOC(=O)C1[C@@H]2C=CC3(CN(CC(C)C)C(=O)[C@H]13)O2. The van der Waals surface area contributed by atoms with Crippen LogP contribution < -0.4 is 0 Å². The minimum Gasteiger partial charge on any atom is -0.465 e. The molecule has 2 unspecified atom stereocenters. The van der Waals surface area contributed by atoms with E-state index in [4.69, 9.17) is 9.47 Å². The third kappa shape index (κ3) is 2.35. The van der Waals surface area contributed by atoms with Crippen LogP contribution in [0.4, 0.5) is 0 Å². The number of fused-ring (bicyclic) bond motifs is 1. The normalized spacial score (nSPS) is 35.5. The van der Waals surface area contributed by atoms with Gasteiger partial charge in [-0.1, -0.05) is 39.3 Å². The van der Waals surface area contributed by atoms with Crippen LogP contribution in [0.5, 0.6) is 0 Å². The second-order valence-electron chi connectivity index (χ2n) is 7.03. The van der Waals surface area contributed by atoms with Crippen molar-refractivity contribution in [2.75, 3.05) is 19.7 Å². The Morgan fingerprint density at radius 1 is 1.55 bits per heavy atom. The zero-order valence-electron chi connectivity index (χ0n) is 13.6. The summed E-state index contributed by atoms with van der Waals surface area (Å²) in [6, 6.07) is 0. The standard InChI is InChI=1S/C17H25NO4/c1-4-5-8-21-16(20)13-12-6-7-17(22-12)10-18(9-11(2)3)15(19)14(13)17/h6-7,11-14H,4-5,8-10H2,1-3H3/t12-,13?,14-,17?/m0/s1. The minimum atomic E-state index is -0.606. The third-order valence-corrected chi connectivity index (χ3v) is 4.78. The number of hydrogen-bond donors (Lipinski definition) is 0. The van der Waals surface area contributed by atoms with Crippen molar-refractivity contribution in [2.45, 2.75) is 45.3 Å². The molecular weight excluding hydrogens is 282 g/mol. The number of likely N-dealkylation sites (tertiary alicyclic amines) is 1. The van der Waals surface area contributed by atoms with Gasteiger partial charge in [0.15, 0.2) is 0 Å². The maximum Gasteiger partial charge on any atom is 0.312 e. The van der Waals surface area contributed by atoms with E-state index in [2.05, 4.69) is 20.8 Å². The van der Waals surface area contributed by atoms with Gasteiger partial charge in [-0.25, -0.2) is 0 Å². The van der Waals surface area contributed by atoms with Gasteiger partial charge in [0.25, 0.3) is 0 Å². The van der Waals surface area contributed by atoms with Crippen molar-refractivity contribution in [1.82, 2.24) is 4.90 Å². The van der Waals surface area contributed by atoms with E-state index in [-0.39, 0.29) is 18.0 Å². The molecule has 1 spiro atoms. The Bertz CT molecular complexity index is 501. The molecule has 5 heteroatoms. The zero-order chi connectivity index (χ0) is 15.9. The fourth-order valence-corrected chi connectivity index (χ4v) is 3.86. The first-order valence-electron chi connectivity index (χ1n) is 8.31. The first-order valence-corrected chi connectivity index (χ1v) is 8.31. The average Bonchev–Trinajstić information content (AvgIpc) is 3.07. The van der Waals surface area contributed by atoms with Crippen LogP contribution in [0.2, 0.25) is 0 Å². The van der Waals surface area contributed by atoms with Crippen LogP contribution in [0.15, 0.2) is 12.2 Å². The van der Waals surface area contributed by atoms with Gasteiger partial charge in [-0.15, -0.1) is 0 Å². The Balaban J connectivity index is 1.76. The molecule has 0 aromatic heterocycles. The molecule has 3 rings (SSSR count). The van der Waals surface area contributed by atoms with Gasteiger partial charge in [0.2, 0.25) is 5.91 Å². The van der Waals surface area contributed by atoms with Gasteiger partial charge in [-0.05, 0) is 12.3 Å². The summed E-state index contributed by atoms with van der Waals surface area (Å²) in [5, 5.41) is 0. The molecular formula is C17H25NO4. The third-order valence-electron chi connectivity index (χ3n) is 4.78. The molecule has 22 heavy (non-hydrogen) atoms. The highest BCUT2D eigenvalue weighted by atomic mass is 16.6. The molecule has 0 aromatic rings. The van der Waals surface area contributed by atoms with Crippen molar-refractivity contribution in [3.8, 4) is 0 Å². The summed E-state index contributed by atoms with van der Waals surface area (Å²) in [6.45, 7) is 7.91. The minimum absolute atomic E-state index is 0.0398. The molecule has 2 fully saturated rings. The molecule has 3 aliphatic heterocycles. The van der Waals surface area contributed by atoms with Gasteiger partial charge < -0.3 is 14.4 Å². The van der Waals surface area contributed by atoms with Gasteiger partial charge in [-0.2, -0.15) is 0 Å². The van der Waals surface area contributed by atoms with Crippen molar-refractivity contribution in [2.24, 2.45) is 17.8 Å². The lowest BCUT2D eigenvalue weighted by Crippen LogP contribution is -2.40. The molecule has 2 bridgehead atoms. The Labute approximate surface area is 131 Å². The number of unbranched alkanes of at least 4 members (excludes halogenated alkanes) is 1. The second-order valence-corrected chi connectivity index (χ2v) is 7.03. The quantitative estimate of drug-likeness (QED) is 0.426. The van der Waals surface area contributed by atoms with E-state index in [1.807, 2.05) is 17.1 Å². The highest BCUT2D eigenvalue weighted by molar-refractivity contribution is 5.91. The second kappa shape index (κ2) is 5.69. The number of rotatable bonds is 6. The molecule has 3 heterocycles. The van der Waals surface area contributed by atoms with Crippen molar-refractivity contribution in [1.29, 1.82) is 0 Å².